The van der Waals surface area contributed by atoms with Crippen LogP contribution in [0.5, 0.6) is 11.5 Å². The van der Waals surface area contributed by atoms with Gasteiger partial charge in [0.15, 0.2) is 11.2 Å². The molecule has 4 aliphatic rings. The zero-order valence-corrected chi connectivity index (χ0v) is 59.8. The van der Waals surface area contributed by atoms with Crippen molar-refractivity contribution in [3.05, 3.63) is 372 Å². The highest BCUT2D eigenvalue weighted by Gasteiger charge is 2.49. The van der Waals surface area contributed by atoms with Crippen molar-refractivity contribution in [3.8, 4) is 44.9 Å². The van der Waals surface area contributed by atoms with E-state index in [4.69, 9.17) is 27.8 Å². The number of rotatable bonds is 19. The fourth-order valence-electron chi connectivity index (χ4n) is 17.7. The Morgan fingerprint density at radius 1 is 0.324 bits per heavy atom. The van der Waals surface area contributed by atoms with E-state index in [0.29, 0.717) is 39.6 Å². The highest BCUT2D eigenvalue weighted by Crippen LogP contribution is 2.60. The maximum atomic E-state index is 15.3. The summed E-state index contributed by atoms with van der Waals surface area (Å²) in [6, 6.07) is 109. The number of furan rings is 2. The van der Waals surface area contributed by atoms with Gasteiger partial charge in [-0.3, -0.25) is 0 Å². The lowest BCUT2D eigenvalue weighted by molar-refractivity contribution is -0.133. The van der Waals surface area contributed by atoms with Gasteiger partial charge in [0.2, 0.25) is 0 Å². The maximum absolute atomic E-state index is 15.3. The minimum Gasteiger partial charge on any atom is -0.493 e. The molecule has 2 saturated heterocycles. The molecule has 0 amide bonds. The van der Waals surface area contributed by atoms with Crippen molar-refractivity contribution in [3.63, 3.8) is 0 Å². The minimum absolute atomic E-state index is 0.0117. The van der Waals surface area contributed by atoms with Crippen molar-refractivity contribution in [1.29, 1.82) is 0 Å². The van der Waals surface area contributed by atoms with Gasteiger partial charge in [0.1, 0.15) is 34.3 Å². The van der Waals surface area contributed by atoms with Gasteiger partial charge >= 0.3 is 0 Å². The molecule has 2 atom stereocenters. The standard InChI is InChI=1S/C98H74F2N2O6/c1-3-95(57-103-58-95)61-105-75-49-35-67(36-50-75)97(65-31-39-69(99)40-32-65)85-21-9-5-15-77(85)79-53-47-73(55-87(79)97)101(89-23-13-19-83-81-17-7-11-25-91(81)107-93(83)89)71-43-27-63(28-44-71)64-29-45-72(46-30-64)102(90-24-14-20-84-82-18-8-12-26-92(82)108-94(84)90)74-48-54-80-78-16-6-10-22-86(78)98(88(80)56-74,66-33-41-70(100)42-34-66)68-37-51-76(52-38-68)106-62-96(4-2)59-104-60-96/h5-56H,3-4,57-62H2,1-2H3. The van der Waals surface area contributed by atoms with Crippen LogP contribution >= 0.6 is 0 Å². The molecule has 16 aromatic rings. The molecule has 2 fully saturated rings. The van der Waals surface area contributed by atoms with E-state index in [0.717, 1.165) is 180 Å². The Labute approximate surface area is 625 Å². The average Bonchev–Trinajstić information content (AvgIpc) is 1.54. The summed E-state index contributed by atoms with van der Waals surface area (Å²) >= 11 is 0. The smallest absolute Gasteiger partial charge is 0.159 e. The number of para-hydroxylation sites is 4. The van der Waals surface area contributed by atoms with Crippen molar-refractivity contribution < 1.29 is 36.6 Å². The summed E-state index contributed by atoms with van der Waals surface area (Å²) in [5.41, 5.74) is 21.6. The normalized spacial score (nSPS) is 17.0. The Morgan fingerprint density at radius 3 is 1.05 bits per heavy atom. The van der Waals surface area contributed by atoms with Crippen molar-refractivity contribution in [2.24, 2.45) is 10.8 Å². The van der Waals surface area contributed by atoms with Crippen LogP contribution in [0.25, 0.3) is 77.3 Å². The molecule has 20 rings (SSSR count). The largest absolute Gasteiger partial charge is 0.493 e. The van der Waals surface area contributed by atoms with E-state index >= 15 is 8.78 Å². The average molecular weight is 1410 g/mol. The van der Waals surface area contributed by atoms with Crippen LogP contribution in [-0.2, 0) is 20.3 Å². The van der Waals surface area contributed by atoms with E-state index in [1.165, 1.54) is 0 Å². The van der Waals surface area contributed by atoms with Crippen molar-refractivity contribution >= 4 is 78.0 Å². The van der Waals surface area contributed by atoms with Gasteiger partial charge in [-0.2, -0.15) is 0 Å². The molecule has 0 bridgehead atoms. The number of benzene rings is 14. The van der Waals surface area contributed by atoms with Crippen molar-refractivity contribution in [2.45, 2.75) is 37.5 Å². The van der Waals surface area contributed by atoms with Gasteiger partial charge in [0.25, 0.3) is 0 Å². The molecule has 108 heavy (non-hydrogen) atoms. The highest BCUT2D eigenvalue weighted by atomic mass is 19.1. The molecule has 526 valence electrons. The number of anilines is 6. The summed E-state index contributed by atoms with van der Waals surface area (Å²) in [6.07, 6.45) is 1.95. The summed E-state index contributed by atoms with van der Waals surface area (Å²) in [6.45, 7) is 8.32. The lowest BCUT2D eigenvalue weighted by atomic mass is 9.67. The molecule has 0 saturated carbocycles. The third-order valence-corrected chi connectivity index (χ3v) is 23.8. The van der Waals surface area contributed by atoms with Crippen molar-refractivity contribution in [1.82, 2.24) is 0 Å². The van der Waals surface area contributed by atoms with Gasteiger partial charge in [-0.05, 0) is 212 Å². The Morgan fingerprint density at radius 2 is 0.667 bits per heavy atom. The Bertz CT molecular complexity index is 5750. The van der Waals surface area contributed by atoms with Gasteiger partial charge in [0, 0.05) is 44.3 Å². The number of nitrogens with zero attached hydrogens (tertiary/aromatic N) is 2. The monoisotopic (exact) mass is 1410 g/mol. The highest BCUT2D eigenvalue weighted by molar-refractivity contribution is 6.12. The predicted octanol–water partition coefficient (Wildman–Crippen LogP) is 24.7. The Balaban J connectivity index is 0.709. The predicted molar refractivity (Wildman–Crippen MR) is 428 cm³/mol. The van der Waals surface area contributed by atoms with Gasteiger partial charge in [-0.25, -0.2) is 8.78 Å². The first-order valence-electron chi connectivity index (χ1n) is 37.4. The number of hydrogen-bond donors (Lipinski definition) is 0. The van der Waals surface area contributed by atoms with Crippen LogP contribution in [0.4, 0.5) is 42.9 Å². The Kier molecular flexibility index (Phi) is 15.5. The number of hydrogen-bond acceptors (Lipinski definition) is 8. The van der Waals surface area contributed by atoms with E-state index in [9.17, 15) is 0 Å². The second-order valence-electron chi connectivity index (χ2n) is 29.7. The first kappa shape index (κ1) is 65.2. The third kappa shape index (κ3) is 10.3. The molecule has 0 N–H and O–H groups in total. The van der Waals surface area contributed by atoms with Crippen LogP contribution in [0, 0.1) is 22.5 Å². The second-order valence-corrected chi connectivity index (χ2v) is 29.7. The van der Waals surface area contributed by atoms with Gasteiger partial charge < -0.3 is 37.6 Å². The number of fused-ring (bicyclic) bond motifs is 12. The minimum atomic E-state index is -0.865. The third-order valence-electron chi connectivity index (χ3n) is 23.8. The van der Waals surface area contributed by atoms with Crippen LogP contribution < -0.4 is 19.3 Å². The molecule has 2 aliphatic heterocycles. The van der Waals surface area contributed by atoms with Crippen LogP contribution in [0.2, 0.25) is 0 Å². The van der Waals surface area contributed by atoms with Gasteiger partial charge in [-0.15, -0.1) is 0 Å². The summed E-state index contributed by atoms with van der Waals surface area (Å²) in [7, 11) is 0. The molecule has 2 unspecified atom stereocenters. The lowest BCUT2D eigenvalue weighted by Crippen LogP contribution is -2.46. The maximum Gasteiger partial charge on any atom is 0.159 e. The summed E-state index contributed by atoms with van der Waals surface area (Å²) in [5.74, 6) is 0.974. The molecular weight excluding hydrogens is 1340 g/mol. The summed E-state index contributed by atoms with van der Waals surface area (Å²) < 4.78 is 68.9. The molecule has 10 heteroatoms. The van der Waals surface area contributed by atoms with Crippen molar-refractivity contribution in [2.75, 3.05) is 49.4 Å². The molecule has 2 aliphatic carbocycles. The van der Waals surface area contributed by atoms with Crippen LogP contribution in [-0.4, -0.2) is 39.6 Å². The Hall–Kier alpha value is -12.3. The molecule has 14 aromatic carbocycles. The fourth-order valence-corrected chi connectivity index (χ4v) is 17.7. The van der Waals surface area contributed by atoms with E-state index in [1.54, 1.807) is 24.3 Å². The molecular formula is C98H74F2N2O6. The molecule has 0 radical (unpaired) electrons. The molecule has 0 spiro atoms. The van der Waals surface area contributed by atoms with Gasteiger partial charge in [0.05, 0.1) is 72.7 Å². The van der Waals surface area contributed by atoms with E-state index < -0.39 is 10.8 Å². The topological polar surface area (TPSA) is 69.7 Å². The zero-order valence-electron chi connectivity index (χ0n) is 59.8. The van der Waals surface area contributed by atoms with Crippen LogP contribution in [0.3, 0.4) is 0 Å². The van der Waals surface area contributed by atoms with E-state index in [1.807, 2.05) is 48.5 Å². The van der Waals surface area contributed by atoms with E-state index in [2.05, 4.69) is 266 Å². The summed E-state index contributed by atoms with van der Waals surface area (Å²) in [5, 5.41) is 4.09. The molecule has 4 heterocycles. The quantitative estimate of drug-likeness (QED) is 0.0793. The van der Waals surface area contributed by atoms with Crippen LogP contribution in [0.15, 0.2) is 324 Å². The van der Waals surface area contributed by atoms with Crippen LogP contribution in [0.1, 0.15) is 71.2 Å². The second kappa shape index (κ2) is 25.7. The molecule has 8 nitrogen and oxygen atoms in total. The van der Waals surface area contributed by atoms with E-state index in [-0.39, 0.29) is 22.5 Å². The zero-order chi connectivity index (χ0) is 72.3. The fraction of sp³-hybridized carbons (Fsp3) is 0.143. The number of halogens is 2. The molecule has 2 aromatic heterocycles. The SMILES string of the molecule is CCC1(COc2ccc(C3(c4ccc(F)cc4)c4ccccc4-c4ccc(N(c5ccc(-c6ccc(N(c7ccc8c(c7)C(c7ccc(F)cc7)(c7ccc(OCC9(CC)COC9)cc7)c7ccccc7-8)c7cccc8c7oc7ccccc78)cc6)cc5)c5cccc6c5oc5ccccc56)cc43)cc2)COC1. The lowest BCUT2D eigenvalue weighted by Gasteiger charge is -2.40. The van der Waals surface area contributed by atoms with Gasteiger partial charge in [-0.1, -0.05) is 208 Å². The number of ether oxygens (including phenoxy) is 4. The summed E-state index contributed by atoms with van der Waals surface area (Å²) in [4.78, 5) is 4.63. The first-order valence-corrected chi connectivity index (χ1v) is 37.4. The first-order chi connectivity index (χ1) is 53.1.